The molecular formula is C70H113N19O18. The number of phenols is 1. The summed E-state index contributed by atoms with van der Waals surface area (Å²) in [6, 6.07) is -3.12. The molecule has 0 bridgehead atoms. The Kier molecular flexibility index (Phi) is 41.3. The average molecular weight is 1510 g/mol. The summed E-state index contributed by atoms with van der Waals surface area (Å²) in [6.45, 7) is 14.1. The lowest BCUT2D eigenvalue weighted by Gasteiger charge is -2.29. The maximum Gasteiger partial charge on any atom is 0.303 e. The molecule has 27 N–H and O–H groups in total. The summed E-state index contributed by atoms with van der Waals surface area (Å²) in [7, 11) is 0. The highest BCUT2D eigenvalue weighted by atomic mass is 16.4. The zero-order chi connectivity index (χ0) is 80.8. The normalized spacial score (nSPS) is 14.8. The van der Waals surface area contributed by atoms with Gasteiger partial charge in [-0.05, 0) is 133 Å². The minimum Gasteiger partial charge on any atom is -0.508 e. The van der Waals surface area contributed by atoms with Gasteiger partial charge in [-0.2, -0.15) is 0 Å². The number of hydrogen-bond donors (Lipinski definition) is 21. The second-order valence-corrected chi connectivity index (χ2v) is 27.6. The van der Waals surface area contributed by atoms with Gasteiger partial charge in [0.05, 0.1) is 18.7 Å². The van der Waals surface area contributed by atoms with E-state index in [0.717, 1.165) is 6.92 Å². The van der Waals surface area contributed by atoms with Crippen LogP contribution >= 0.6 is 0 Å². The Morgan fingerprint density at radius 3 is 1.33 bits per heavy atom. The van der Waals surface area contributed by atoms with Crippen LogP contribution in [0.1, 0.15) is 150 Å². The second kappa shape index (κ2) is 47.8. The maximum absolute atomic E-state index is 14.9. The van der Waals surface area contributed by atoms with Gasteiger partial charge in [-0.15, -0.1) is 0 Å². The number of primary amides is 2. The molecular weight excluding hydrogens is 1390 g/mol. The Hall–Kier alpha value is -10.6. The molecule has 37 heteroatoms. The minimum absolute atomic E-state index is 0.0143. The lowest BCUT2D eigenvalue weighted by atomic mass is 9.98. The maximum atomic E-state index is 14.9. The van der Waals surface area contributed by atoms with E-state index in [1.165, 1.54) is 38.1 Å². The number of guanidine groups is 1. The molecule has 2 aromatic rings. The molecule has 37 nitrogen and oxygen atoms in total. The number of aliphatic carboxylic acids is 1. The van der Waals surface area contributed by atoms with Crippen molar-refractivity contribution in [3.63, 3.8) is 0 Å². The molecule has 0 aliphatic carbocycles. The van der Waals surface area contributed by atoms with E-state index in [0.29, 0.717) is 30.4 Å². The first-order chi connectivity index (χ1) is 50.2. The van der Waals surface area contributed by atoms with Crippen LogP contribution in [0, 0.1) is 17.8 Å². The van der Waals surface area contributed by atoms with E-state index in [4.69, 9.17) is 34.4 Å². The summed E-state index contributed by atoms with van der Waals surface area (Å²) in [5.74, 6) is -14.8. The lowest BCUT2D eigenvalue weighted by molar-refractivity contribution is -0.139. The van der Waals surface area contributed by atoms with Crippen LogP contribution in [0.25, 0.3) is 0 Å². The number of carboxylic acid groups (broad SMARTS) is 1. The number of aliphatic hydroxyl groups excluding tert-OH is 1. The number of rotatable bonds is 50. The molecule has 596 valence electrons. The molecule has 2 aromatic carbocycles. The first kappa shape index (κ1) is 92.5. The van der Waals surface area contributed by atoms with Gasteiger partial charge < -0.3 is 114 Å². The summed E-state index contributed by atoms with van der Waals surface area (Å²) in [6.07, 6.45) is -2.61. The van der Waals surface area contributed by atoms with E-state index in [-0.39, 0.29) is 100 Å². The van der Waals surface area contributed by atoms with Crippen LogP contribution in [0.4, 0.5) is 0 Å². The number of unbranched alkanes of at least 4 members (excludes halogenated alkanes) is 1. The number of carbonyl (C=O) groups excluding carboxylic acids is 14. The molecule has 0 saturated heterocycles. The van der Waals surface area contributed by atoms with Crippen molar-refractivity contribution >= 4 is 94.6 Å². The van der Waals surface area contributed by atoms with E-state index in [2.05, 4.69) is 68.8 Å². The second-order valence-electron chi connectivity index (χ2n) is 27.6. The van der Waals surface area contributed by atoms with Gasteiger partial charge in [0.1, 0.15) is 72.2 Å². The van der Waals surface area contributed by atoms with Crippen molar-refractivity contribution in [1.29, 1.82) is 0 Å². The third-order valence-electron chi connectivity index (χ3n) is 16.5. The van der Waals surface area contributed by atoms with E-state index >= 15 is 0 Å². The summed E-state index contributed by atoms with van der Waals surface area (Å²) in [5.41, 5.74) is 33.9. The predicted octanol–water partition coefficient (Wildman–Crippen LogP) is -4.69. The third-order valence-corrected chi connectivity index (χ3v) is 16.5. The number of carboxylic acids is 1. The number of carbonyl (C=O) groups is 15. The van der Waals surface area contributed by atoms with Gasteiger partial charge in [0.15, 0.2) is 5.96 Å². The molecule has 0 heterocycles. The van der Waals surface area contributed by atoms with Crippen LogP contribution in [0.5, 0.6) is 5.75 Å². The summed E-state index contributed by atoms with van der Waals surface area (Å²) >= 11 is 0. The number of hydrogen-bond acceptors (Lipinski definition) is 20. The van der Waals surface area contributed by atoms with E-state index in [9.17, 15) is 87.2 Å². The summed E-state index contributed by atoms with van der Waals surface area (Å²) in [4.78, 5) is 206. The molecule has 0 fully saturated rings. The van der Waals surface area contributed by atoms with Gasteiger partial charge in [0, 0.05) is 32.2 Å². The molecule has 14 amide bonds. The molecule has 2 rings (SSSR count). The number of nitrogens with zero attached hydrogens (tertiary/aromatic N) is 1. The standard InChI is InChI=1S/C70H113N19O18/c1-36(2)30-49(64(102)79-39(7)59(97)78-35-55(93)81-46(58(74)96)19-15-29-77-70(75)76)85-62(100)47(18-13-14-28-71)83-65(103)50(31-37(3)4)86-66(104)51(32-38(5)6)87-68(106)53(33-42-16-11-10-12-17-42)88-67(105)52(34-43-20-22-44(91)23-21-43)84-60(98)40(8)80-69(107)57(41(9)90)89-63(101)48(25-27-56(94)95)82-61(99)45(72)24-26-54(73)92/h10-12,16-17,20-23,36-41,45-53,57,90-91H,13-15,18-19,24-35,71-72H2,1-9H3,(H2,73,92)(H2,74,96)(H,78,97)(H,79,102)(H,80,107)(H,81,93)(H,82,99)(H,83,103)(H,84,98)(H,85,100)(H,86,104)(H,87,106)(H,88,105)(H,89,101)(H,94,95)(H4,75,76,77)/t39-,40-,41+,45-,46-,47-,48-,49-,50-,51-,52-,53-,57-/m0/s1. The molecule has 0 aromatic heterocycles. The molecule has 0 radical (unpaired) electrons. The van der Waals surface area contributed by atoms with Crippen molar-refractivity contribution in [3.05, 3.63) is 65.7 Å². The van der Waals surface area contributed by atoms with Crippen molar-refractivity contribution in [2.45, 2.75) is 231 Å². The van der Waals surface area contributed by atoms with Crippen LogP contribution in [-0.2, 0) is 84.8 Å². The van der Waals surface area contributed by atoms with Gasteiger partial charge in [0.2, 0.25) is 82.7 Å². The first-order valence-electron chi connectivity index (χ1n) is 35.6. The number of phenolic OH excluding ortho intramolecular Hbond substituents is 1. The van der Waals surface area contributed by atoms with Crippen molar-refractivity contribution in [2.75, 3.05) is 19.6 Å². The number of aliphatic hydroxyl groups is 1. The first-order valence-corrected chi connectivity index (χ1v) is 35.6. The average Bonchev–Trinajstić information content (AvgIpc) is 0.848. The number of nitrogens with two attached hydrogens (primary N) is 6. The largest absolute Gasteiger partial charge is 0.508 e. The minimum atomic E-state index is -1.84. The predicted molar refractivity (Wildman–Crippen MR) is 393 cm³/mol. The van der Waals surface area contributed by atoms with Crippen LogP contribution in [0.15, 0.2) is 59.6 Å². The Morgan fingerprint density at radius 2 is 0.850 bits per heavy atom. The highest BCUT2D eigenvalue weighted by Crippen LogP contribution is 2.16. The highest BCUT2D eigenvalue weighted by Gasteiger charge is 2.38. The molecule has 0 saturated carbocycles. The van der Waals surface area contributed by atoms with Crippen molar-refractivity contribution in [2.24, 2.45) is 57.1 Å². The lowest BCUT2D eigenvalue weighted by Crippen LogP contribution is -2.61. The van der Waals surface area contributed by atoms with Crippen LogP contribution in [0.3, 0.4) is 0 Å². The van der Waals surface area contributed by atoms with Gasteiger partial charge in [0.25, 0.3) is 0 Å². The monoisotopic (exact) mass is 1510 g/mol. The molecule has 0 aliphatic heterocycles. The van der Waals surface area contributed by atoms with E-state index in [1.807, 2.05) is 0 Å². The number of nitrogens with one attached hydrogen (secondary N) is 12. The van der Waals surface area contributed by atoms with Crippen molar-refractivity contribution < 1.29 is 87.2 Å². The SMILES string of the molecule is CC(C)C[C@H](NC(=O)[C@H](CCCCN)NC(=O)[C@H](CC(C)C)NC(=O)[C@H](CC(C)C)NC(=O)[C@H](Cc1ccccc1)NC(=O)[C@H](Cc1ccc(O)cc1)NC(=O)[C@H](C)NC(=O)[C@@H](NC(=O)[C@H](CCC(=O)O)NC(=O)[C@@H](N)CCC(N)=O)[C@@H](C)O)C(=O)N[C@@H](C)C(=O)NCC(=O)N[C@@H](CCCN=C(N)N)C(N)=O. The Morgan fingerprint density at radius 1 is 0.430 bits per heavy atom. The van der Waals surface area contributed by atoms with Crippen LogP contribution < -0.4 is 98.2 Å². The Bertz CT molecular complexity index is 3340. The topological polar surface area (TPSA) is 630 Å². The van der Waals surface area contributed by atoms with Crippen LogP contribution in [-0.4, -0.2) is 208 Å². The number of benzene rings is 2. The van der Waals surface area contributed by atoms with Crippen molar-refractivity contribution in [3.8, 4) is 5.75 Å². The van der Waals surface area contributed by atoms with Gasteiger partial charge in [-0.1, -0.05) is 84.0 Å². The van der Waals surface area contributed by atoms with Crippen molar-refractivity contribution in [1.82, 2.24) is 63.8 Å². The molecule has 13 atom stereocenters. The highest BCUT2D eigenvalue weighted by molar-refractivity contribution is 6.00. The molecule has 0 spiro atoms. The fourth-order valence-electron chi connectivity index (χ4n) is 10.7. The van der Waals surface area contributed by atoms with Crippen LogP contribution in [0.2, 0.25) is 0 Å². The van der Waals surface area contributed by atoms with Gasteiger partial charge >= 0.3 is 5.97 Å². The molecule has 107 heavy (non-hydrogen) atoms. The smallest absolute Gasteiger partial charge is 0.303 e. The Labute approximate surface area is 622 Å². The van der Waals surface area contributed by atoms with E-state index < -0.39 is 187 Å². The zero-order valence-electron chi connectivity index (χ0n) is 62.3. The molecule has 0 unspecified atom stereocenters. The Balaban J connectivity index is 2.48. The number of aliphatic imine (C=N–C) groups is 1. The van der Waals surface area contributed by atoms with Gasteiger partial charge in [-0.25, -0.2) is 0 Å². The fraction of sp³-hybridized carbons (Fsp3) is 0.600. The number of aromatic hydroxyl groups is 1. The zero-order valence-corrected chi connectivity index (χ0v) is 62.3. The summed E-state index contributed by atoms with van der Waals surface area (Å²) in [5, 5.41) is 60.8. The van der Waals surface area contributed by atoms with Gasteiger partial charge in [-0.3, -0.25) is 76.9 Å². The fourth-order valence-corrected chi connectivity index (χ4v) is 10.7. The van der Waals surface area contributed by atoms with E-state index in [1.54, 1.807) is 71.9 Å². The molecule has 0 aliphatic rings. The quantitative estimate of drug-likeness (QED) is 0.0168. The third kappa shape index (κ3) is 36.8. The number of amides is 14. The summed E-state index contributed by atoms with van der Waals surface area (Å²) < 4.78 is 0.